The minimum absolute atomic E-state index is 0.0228. The van der Waals surface area contributed by atoms with Gasteiger partial charge in [0, 0.05) is 25.0 Å². The number of rotatable bonds is 8. The summed E-state index contributed by atoms with van der Waals surface area (Å²) in [4.78, 5) is 12.5. The lowest BCUT2D eigenvalue weighted by Gasteiger charge is -2.02. The number of carbonyl (C=O) groups excluding carboxylic acids is 1. The van der Waals surface area contributed by atoms with Crippen molar-refractivity contribution >= 4 is 29.0 Å². The average Bonchev–Trinajstić information content (AvgIpc) is 3.09. The molecule has 0 aliphatic heterocycles. The largest absolute Gasteiger partial charge is 0.396 e. The highest BCUT2D eigenvalue weighted by atomic mass is 32.2. The first-order valence-corrected chi connectivity index (χ1v) is 8.28. The summed E-state index contributed by atoms with van der Waals surface area (Å²) in [6.45, 7) is 0.611. The Morgan fingerprint density at radius 2 is 2.45 bits per heavy atom. The Morgan fingerprint density at radius 3 is 3.20 bits per heavy atom. The number of aliphatic hydroxyl groups is 1. The number of thioether (sulfide) groups is 1. The molecule has 0 saturated heterocycles. The quantitative estimate of drug-likeness (QED) is 0.730. The molecule has 0 aliphatic rings. The second-order valence-corrected chi connectivity index (χ2v) is 6.01. The molecule has 0 radical (unpaired) electrons. The molecule has 0 atom stereocenters. The Hall–Kier alpha value is -1.31. The minimum Gasteiger partial charge on any atom is -0.396 e. The van der Waals surface area contributed by atoms with Crippen molar-refractivity contribution in [3.63, 3.8) is 0 Å². The number of nitrogens with zero attached hydrogens (tertiary/aromatic N) is 1. The van der Waals surface area contributed by atoms with Gasteiger partial charge in [0.1, 0.15) is 0 Å². The van der Waals surface area contributed by atoms with Gasteiger partial charge in [0.05, 0.1) is 16.3 Å². The molecule has 0 aliphatic carbocycles. The van der Waals surface area contributed by atoms with E-state index in [9.17, 15) is 4.79 Å². The fourth-order valence-corrected chi connectivity index (χ4v) is 2.93. The van der Waals surface area contributed by atoms with Gasteiger partial charge in [-0.3, -0.25) is 4.79 Å². The van der Waals surface area contributed by atoms with Crippen molar-refractivity contribution in [2.75, 3.05) is 18.9 Å². The van der Waals surface area contributed by atoms with Gasteiger partial charge in [0.25, 0.3) is 0 Å². The normalized spacial score (nSPS) is 10.7. The summed E-state index contributed by atoms with van der Waals surface area (Å²) in [7, 11) is 0. The molecule has 2 rings (SSSR count). The third-order valence-electron chi connectivity index (χ3n) is 2.46. The Bertz CT molecular complexity index is 525. The lowest BCUT2D eigenvalue weighted by molar-refractivity contribution is -0.118. The maximum atomic E-state index is 11.4. The smallest absolute Gasteiger partial charge is 0.230 e. The molecule has 1 amide bonds. The van der Waals surface area contributed by atoms with E-state index in [1.165, 1.54) is 11.8 Å². The molecule has 0 fully saturated rings. The van der Waals surface area contributed by atoms with Gasteiger partial charge < -0.3 is 14.9 Å². The fourth-order valence-electron chi connectivity index (χ4n) is 1.52. The van der Waals surface area contributed by atoms with Gasteiger partial charge in [-0.1, -0.05) is 11.2 Å². The van der Waals surface area contributed by atoms with Crippen LogP contribution in [0.3, 0.4) is 0 Å². The van der Waals surface area contributed by atoms with Gasteiger partial charge in [-0.2, -0.15) is 0 Å². The van der Waals surface area contributed by atoms with E-state index in [1.807, 2.05) is 23.6 Å². The maximum Gasteiger partial charge on any atom is 0.230 e. The van der Waals surface area contributed by atoms with Crippen molar-refractivity contribution in [2.24, 2.45) is 0 Å². The predicted molar refractivity (Wildman–Crippen MR) is 80.7 cm³/mol. The van der Waals surface area contributed by atoms with Crippen molar-refractivity contribution in [3.8, 4) is 10.6 Å². The fraction of sp³-hybridized carbons (Fsp3) is 0.385. The summed E-state index contributed by atoms with van der Waals surface area (Å²) >= 11 is 3.09. The Labute approximate surface area is 125 Å². The van der Waals surface area contributed by atoms with E-state index in [-0.39, 0.29) is 12.5 Å². The van der Waals surface area contributed by atoms with Crippen LogP contribution >= 0.6 is 23.1 Å². The van der Waals surface area contributed by atoms with Gasteiger partial charge in [0.15, 0.2) is 5.76 Å². The second kappa shape index (κ2) is 8.08. The molecule has 7 heteroatoms. The standard InChI is InChI=1S/C13H16N2O3S2/c16-5-2-4-14-13(17)9-19-8-10-7-11(18-15-10)12-3-1-6-20-12/h1,3,6-7,16H,2,4-5,8-9H2,(H,14,17). The Morgan fingerprint density at radius 1 is 1.55 bits per heavy atom. The van der Waals surface area contributed by atoms with Crippen molar-refractivity contribution in [3.05, 3.63) is 29.3 Å². The van der Waals surface area contributed by atoms with Crippen LogP contribution in [0, 0.1) is 0 Å². The number of nitrogens with one attached hydrogen (secondary N) is 1. The van der Waals surface area contributed by atoms with Crippen LogP contribution in [-0.4, -0.2) is 35.1 Å². The second-order valence-electron chi connectivity index (χ2n) is 4.08. The van der Waals surface area contributed by atoms with Crippen LogP contribution in [-0.2, 0) is 10.5 Å². The number of hydrogen-bond donors (Lipinski definition) is 2. The first-order valence-electron chi connectivity index (χ1n) is 6.24. The van der Waals surface area contributed by atoms with Gasteiger partial charge in [-0.05, 0) is 17.9 Å². The number of aromatic nitrogens is 1. The summed E-state index contributed by atoms with van der Waals surface area (Å²) in [5, 5.41) is 17.3. The van der Waals surface area contributed by atoms with Crippen molar-refractivity contribution in [1.82, 2.24) is 10.5 Å². The number of thiophene rings is 1. The molecule has 5 nitrogen and oxygen atoms in total. The lowest BCUT2D eigenvalue weighted by atomic mass is 10.3. The molecular formula is C13H16N2O3S2. The first kappa shape index (κ1) is 15.1. The van der Waals surface area contributed by atoms with Crippen LogP contribution in [0.5, 0.6) is 0 Å². The van der Waals surface area contributed by atoms with E-state index in [0.717, 1.165) is 16.3 Å². The predicted octanol–water partition coefficient (Wildman–Crippen LogP) is 2.13. The third kappa shape index (κ3) is 4.66. The molecule has 108 valence electrons. The Kier molecular flexibility index (Phi) is 6.10. The molecule has 2 heterocycles. The number of aliphatic hydroxyl groups excluding tert-OH is 1. The summed E-state index contributed by atoms with van der Waals surface area (Å²) < 4.78 is 5.26. The van der Waals surface area contributed by atoms with E-state index in [4.69, 9.17) is 9.63 Å². The maximum absolute atomic E-state index is 11.4. The molecule has 0 unspecified atom stereocenters. The topological polar surface area (TPSA) is 75.4 Å². The zero-order valence-electron chi connectivity index (χ0n) is 10.9. The van der Waals surface area contributed by atoms with E-state index < -0.39 is 0 Å². The zero-order chi connectivity index (χ0) is 14.2. The average molecular weight is 312 g/mol. The van der Waals surface area contributed by atoms with Gasteiger partial charge in [-0.15, -0.1) is 23.1 Å². The van der Waals surface area contributed by atoms with Crippen LogP contribution in [0.4, 0.5) is 0 Å². The summed E-state index contributed by atoms with van der Waals surface area (Å²) in [5.74, 6) is 1.77. The SMILES string of the molecule is O=C(CSCc1cc(-c2cccs2)on1)NCCCO. The molecule has 2 N–H and O–H groups in total. The molecule has 2 aromatic rings. The molecule has 0 saturated carbocycles. The van der Waals surface area contributed by atoms with Crippen LogP contribution in [0.2, 0.25) is 0 Å². The highest BCUT2D eigenvalue weighted by Crippen LogP contribution is 2.26. The van der Waals surface area contributed by atoms with Crippen molar-refractivity contribution in [2.45, 2.75) is 12.2 Å². The number of carbonyl (C=O) groups is 1. The molecule has 0 aromatic carbocycles. The summed E-state index contributed by atoms with van der Waals surface area (Å²) in [6.07, 6.45) is 0.587. The van der Waals surface area contributed by atoms with E-state index in [1.54, 1.807) is 11.3 Å². The van der Waals surface area contributed by atoms with Crippen LogP contribution in [0.25, 0.3) is 10.6 Å². The van der Waals surface area contributed by atoms with Crippen LogP contribution < -0.4 is 5.32 Å². The van der Waals surface area contributed by atoms with Crippen LogP contribution in [0.1, 0.15) is 12.1 Å². The van der Waals surface area contributed by atoms with E-state index in [0.29, 0.717) is 24.5 Å². The van der Waals surface area contributed by atoms with Gasteiger partial charge >= 0.3 is 0 Å². The molecule has 2 aromatic heterocycles. The van der Waals surface area contributed by atoms with Gasteiger partial charge in [0.2, 0.25) is 5.91 Å². The number of hydrogen-bond acceptors (Lipinski definition) is 6. The number of amides is 1. The zero-order valence-corrected chi connectivity index (χ0v) is 12.5. The van der Waals surface area contributed by atoms with E-state index >= 15 is 0 Å². The van der Waals surface area contributed by atoms with Gasteiger partial charge in [-0.25, -0.2) is 0 Å². The monoisotopic (exact) mass is 312 g/mol. The first-order chi connectivity index (χ1) is 9.79. The third-order valence-corrected chi connectivity index (χ3v) is 4.31. The molecule has 20 heavy (non-hydrogen) atoms. The van der Waals surface area contributed by atoms with Crippen LogP contribution in [0.15, 0.2) is 28.1 Å². The molecular weight excluding hydrogens is 296 g/mol. The highest BCUT2D eigenvalue weighted by molar-refractivity contribution is 7.99. The molecule has 0 bridgehead atoms. The molecule has 0 spiro atoms. The lowest BCUT2D eigenvalue weighted by Crippen LogP contribution is -2.26. The highest BCUT2D eigenvalue weighted by Gasteiger charge is 2.08. The minimum atomic E-state index is -0.0228. The Balaban J connectivity index is 1.71. The van der Waals surface area contributed by atoms with Crippen molar-refractivity contribution in [1.29, 1.82) is 0 Å². The summed E-state index contributed by atoms with van der Waals surface area (Å²) in [6, 6.07) is 5.85. The van der Waals surface area contributed by atoms with Crippen molar-refractivity contribution < 1.29 is 14.4 Å². The van der Waals surface area contributed by atoms with E-state index in [2.05, 4.69) is 10.5 Å². The summed E-state index contributed by atoms with van der Waals surface area (Å²) in [5.41, 5.74) is 0.835.